The van der Waals surface area contributed by atoms with E-state index in [0.717, 1.165) is 12.1 Å². The predicted octanol–water partition coefficient (Wildman–Crippen LogP) is 1.24. The van der Waals surface area contributed by atoms with Crippen molar-refractivity contribution in [2.24, 2.45) is 0 Å². The second-order valence-electron chi connectivity index (χ2n) is 3.16. The summed E-state index contributed by atoms with van der Waals surface area (Å²) in [5, 5.41) is 2.14. The lowest BCUT2D eigenvalue weighted by molar-refractivity contribution is 0.0957. The minimum absolute atomic E-state index is 0.242. The SMILES string of the molecule is CN(C)C(=O)NC(=O)c1ccc(F)cc1. The van der Waals surface area contributed by atoms with Gasteiger partial charge in [0.05, 0.1) is 0 Å². The summed E-state index contributed by atoms with van der Waals surface area (Å²) >= 11 is 0. The highest BCUT2D eigenvalue weighted by atomic mass is 19.1. The maximum atomic E-state index is 12.5. The lowest BCUT2D eigenvalue weighted by Gasteiger charge is -2.10. The van der Waals surface area contributed by atoms with Crippen molar-refractivity contribution < 1.29 is 14.0 Å². The van der Waals surface area contributed by atoms with Crippen LogP contribution in [0.25, 0.3) is 0 Å². The molecule has 0 fully saturated rings. The number of imide groups is 1. The van der Waals surface area contributed by atoms with Crippen molar-refractivity contribution in [1.82, 2.24) is 10.2 Å². The van der Waals surface area contributed by atoms with E-state index in [0.29, 0.717) is 0 Å². The van der Waals surface area contributed by atoms with E-state index in [-0.39, 0.29) is 5.56 Å². The van der Waals surface area contributed by atoms with Crippen LogP contribution in [0.4, 0.5) is 9.18 Å². The first kappa shape index (κ1) is 11.2. The van der Waals surface area contributed by atoms with Crippen molar-refractivity contribution in [1.29, 1.82) is 0 Å². The largest absolute Gasteiger partial charge is 0.331 e. The van der Waals surface area contributed by atoms with Crippen LogP contribution in [-0.4, -0.2) is 30.9 Å². The number of halogens is 1. The molecular weight excluding hydrogens is 199 g/mol. The quantitative estimate of drug-likeness (QED) is 0.758. The Morgan fingerprint density at radius 1 is 1.20 bits per heavy atom. The van der Waals surface area contributed by atoms with Crippen LogP contribution in [0.2, 0.25) is 0 Å². The van der Waals surface area contributed by atoms with Gasteiger partial charge in [0.15, 0.2) is 0 Å². The molecule has 0 saturated carbocycles. The molecule has 0 saturated heterocycles. The summed E-state index contributed by atoms with van der Waals surface area (Å²) < 4.78 is 12.5. The lowest BCUT2D eigenvalue weighted by Crippen LogP contribution is -2.38. The van der Waals surface area contributed by atoms with Crippen LogP contribution in [0.3, 0.4) is 0 Å². The van der Waals surface area contributed by atoms with E-state index in [1.54, 1.807) is 0 Å². The second kappa shape index (κ2) is 4.54. The van der Waals surface area contributed by atoms with Crippen molar-refractivity contribution in [3.63, 3.8) is 0 Å². The molecule has 4 nitrogen and oxygen atoms in total. The van der Waals surface area contributed by atoms with Gasteiger partial charge in [-0.25, -0.2) is 9.18 Å². The summed E-state index contributed by atoms with van der Waals surface area (Å²) in [7, 11) is 3.04. The number of hydrogen-bond acceptors (Lipinski definition) is 2. The smallest absolute Gasteiger partial charge is 0.323 e. The summed E-state index contributed by atoms with van der Waals surface area (Å²) in [6.45, 7) is 0. The number of benzene rings is 1. The van der Waals surface area contributed by atoms with Crippen LogP contribution in [0.15, 0.2) is 24.3 Å². The average molecular weight is 210 g/mol. The number of urea groups is 1. The first-order chi connectivity index (χ1) is 7.00. The van der Waals surface area contributed by atoms with E-state index >= 15 is 0 Å². The van der Waals surface area contributed by atoms with Crippen LogP contribution in [-0.2, 0) is 0 Å². The van der Waals surface area contributed by atoms with E-state index in [1.165, 1.54) is 31.1 Å². The Kier molecular flexibility index (Phi) is 3.38. The molecule has 0 aliphatic carbocycles. The molecule has 0 radical (unpaired) electrons. The van der Waals surface area contributed by atoms with Crippen molar-refractivity contribution in [3.05, 3.63) is 35.6 Å². The third-order valence-corrected chi connectivity index (χ3v) is 1.73. The fraction of sp³-hybridized carbons (Fsp3) is 0.200. The summed E-state index contributed by atoms with van der Waals surface area (Å²) in [6, 6.07) is 4.44. The molecule has 0 heterocycles. The highest BCUT2D eigenvalue weighted by Crippen LogP contribution is 2.02. The maximum absolute atomic E-state index is 12.5. The third kappa shape index (κ3) is 3.05. The normalized spacial score (nSPS) is 9.53. The molecule has 0 aliphatic heterocycles. The molecule has 0 unspecified atom stereocenters. The van der Waals surface area contributed by atoms with Gasteiger partial charge in [-0.15, -0.1) is 0 Å². The highest BCUT2D eigenvalue weighted by Gasteiger charge is 2.10. The molecule has 0 bridgehead atoms. The van der Waals surface area contributed by atoms with Gasteiger partial charge in [0.1, 0.15) is 5.82 Å². The van der Waals surface area contributed by atoms with E-state index in [2.05, 4.69) is 5.32 Å². The second-order valence-corrected chi connectivity index (χ2v) is 3.16. The number of nitrogens with zero attached hydrogens (tertiary/aromatic N) is 1. The Morgan fingerprint density at radius 2 is 1.73 bits per heavy atom. The van der Waals surface area contributed by atoms with Gasteiger partial charge in [0.2, 0.25) is 0 Å². The molecule has 1 N–H and O–H groups in total. The summed E-state index contributed by atoms with van der Waals surface area (Å²) in [6.07, 6.45) is 0. The monoisotopic (exact) mass is 210 g/mol. The zero-order chi connectivity index (χ0) is 11.4. The minimum Gasteiger partial charge on any atom is -0.331 e. The molecule has 80 valence electrons. The molecule has 1 aromatic carbocycles. The third-order valence-electron chi connectivity index (χ3n) is 1.73. The molecule has 0 atom stereocenters. The Morgan fingerprint density at radius 3 is 2.20 bits per heavy atom. The van der Waals surface area contributed by atoms with Gasteiger partial charge in [-0.3, -0.25) is 10.1 Å². The van der Waals surface area contributed by atoms with Gasteiger partial charge in [-0.05, 0) is 24.3 Å². The number of rotatable bonds is 1. The van der Waals surface area contributed by atoms with Crippen molar-refractivity contribution in [3.8, 4) is 0 Å². The van der Waals surface area contributed by atoms with Crippen molar-refractivity contribution in [2.75, 3.05) is 14.1 Å². The molecule has 3 amide bonds. The van der Waals surface area contributed by atoms with Crippen LogP contribution < -0.4 is 5.32 Å². The number of hydrogen-bond donors (Lipinski definition) is 1. The zero-order valence-electron chi connectivity index (χ0n) is 8.45. The molecule has 1 aromatic rings. The maximum Gasteiger partial charge on any atom is 0.323 e. The van der Waals surface area contributed by atoms with Crippen LogP contribution in [0, 0.1) is 5.82 Å². The van der Waals surface area contributed by atoms with Gasteiger partial charge in [0.25, 0.3) is 5.91 Å². The molecule has 15 heavy (non-hydrogen) atoms. The topological polar surface area (TPSA) is 49.4 Å². The number of carbonyl (C=O) groups excluding carboxylic acids is 2. The first-order valence-electron chi connectivity index (χ1n) is 4.29. The van der Waals surface area contributed by atoms with Crippen LogP contribution in [0.5, 0.6) is 0 Å². The van der Waals surface area contributed by atoms with Gasteiger partial charge < -0.3 is 4.90 Å². The van der Waals surface area contributed by atoms with Gasteiger partial charge in [0, 0.05) is 19.7 Å². The zero-order valence-corrected chi connectivity index (χ0v) is 8.45. The van der Waals surface area contributed by atoms with Gasteiger partial charge in [-0.2, -0.15) is 0 Å². The number of amides is 3. The van der Waals surface area contributed by atoms with Crippen molar-refractivity contribution in [2.45, 2.75) is 0 Å². The molecule has 0 spiro atoms. The van der Waals surface area contributed by atoms with Gasteiger partial charge in [-0.1, -0.05) is 0 Å². The minimum atomic E-state index is -0.548. The van der Waals surface area contributed by atoms with E-state index in [4.69, 9.17) is 0 Å². The number of nitrogens with one attached hydrogen (secondary N) is 1. The Hall–Kier alpha value is -1.91. The highest BCUT2D eigenvalue weighted by molar-refractivity contribution is 6.04. The summed E-state index contributed by atoms with van der Waals surface area (Å²) in [4.78, 5) is 23.7. The predicted molar refractivity (Wildman–Crippen MR) is 52.9 cm³/mol. The fourth-order valence-corrected chi connectivity index (χ4v) is 0.882. The van der Waals surface area contributed by atoms with E-state index < -0.39 is 17.8 Å². The Balaban J connectivity index is 2.69. The molecule has 0 aromatic heterocycles. The Labute approximate surface area is 86.7 Å². The molecular formula is C10H11FN2O2. The van der Waals surface area contributed by atoms with Gasteiger partial charge >= 0.3 is 6.03 Å². The molecule has 5 heteroatoms. The standard InChI is InChI=1S/C10H11FN2O2/c1-13(2)10(15)12-9(14)7-3-5-8(11)6-4-7/h3-6H,1-2H3,(H,12,14,15). The average Bonchev–Trinajstić information content (AvgIpc) is 2.18. The summed E-state index contributed by atoms with van der Waals surface area (Å²) in [5.74, 6) is -0.973. The van der Waals surface area contributed by atoms with Crippen LogP contribution >= 0.6 is 0 Å². The fourth-order valence-electron chi connectivity index (χ4n) is 0.882. The van der Waals surface area contributed by atoms with Crippen molar-refractivity contribution >= 4 is 11.9 Å². The van der Waals surface area contributed by atoms with Crippen LogP contribution in [0.1, 0.15) is 10.4 Å². The molecule has 1 rings (SSSR count). The number of carbonyl (C=O) groups is 2. The lowest BCUT2D eigenvalue weighted by atomic mass is 10.2. The molecule has 0 aliphatic rings. The Bertz CT molecular complexity index is 374. The van der Waals surface area contributed by atoms with E-state index in [9.17, 15) is 14.0 Å². The summed E-state index contributed by atoms with van der Waals surface area (Å²) in [5.41, 5.74) is 0.242. The first-order valence-corrected chi connectivity index (χ1v) is 4.29. The van der Waals surface area contributed by atoms with E-state index in [1.807, 2.05) is 0 Å².